The summed E-state index contributed by atoms with van der Waals surface area (Å²) in [6, 6.07) is 0. The molecule has 1 aliphatic heterocycles. The van der Waals surface area contributed by atoms with Crippen LogP contribution in [-0.2, 0) is 9.53 Å². The molecule has 0 aromatic rings. The number of carbonyl (C=O) groups excluding carboxylic acids is 1. The first-order valence-corrected chi connectivity index (χ1v) is 5.73. The van der Waals surface area contributed by atoms with Crippen LogP contribution in [-0.4, -0.2) is 23.7 Å². The number of carbonyl (C=O) groups is 1. The molecule has 0 amide bonds. The van der Waals surface area contributed by atoms with Crippen molar-refractivity contribution in [1.82, 2.24) is 5.32 Å². The van der Waals surface area contributed by atoms with Crippen LogP contribution in [0.1, 0.15) is 47.0 Å². The Hall–Kier alpha value is -0.570. The minimum Gasteiger partial charge on any atom is -0.460 e. The van der Waals surface area contributed by atoms with Crippen molar-refractivity contribution in [2.24, 2.45) is 5.41 Å². The van der Waals surface area contributed by atoms with Gasteiger partial charge in [-0.3, -0.25) is 4.79 Å². The smallest absolute Gasteiger partial charge is 0.313 e. The summed E-state index contributed by atoms with van der Waals surface area (Å²) in [5.74, 6) is -0.0104. The van der Waals surface area contributed by atoms with Gasteiger partial charge in [-0.1, -0.05) is 0 Å². The number of rotatable bonds is 1. The SMILES string of the molecule is CC12CCC(C(=O)OC(C)(C)C)(CN1)C2. The van der Waals surface area contributed by atoms with Crippen molar-refractivity contribution < 1.29 is 9.53 Å². The summed E-state index contributed by atoms with van der Waals surface area (Å²) < 4.78 is 5.51. The summed E-state index contributed by atoms with van der Waals surface area (Å²) in [7, 11) is 0. The minimum absolute atomic E-state index is 0.0104. The molecule has 2 aliphatic rings. The lowest BCUT2D eigenvalue weighted by Crippen LogP contribution is -2.42. The lowest BCUT2D eigenvalue weighted by atomic mass is 9.87. The number of piperidine rings is 1. The highest BCUT2D eigenvalue weighted by atomic mass is 16.6. The zero-order valence-electron chi connectivity index (χ0n) is 10.1. The van der Waals surface area contributed by atoms with Gasteiger partial charge in [-0.2, -0.15) is 0 Å². The van der Waals surface area contributed by atoms with Crippen molar-refractivity contribution in [2.45, 2.75) is 58.1 Å². The molecular formula is C12H21NO2. The normalized spacial score (nSPS) is 39.5. The summed E-state index contributed by atoms with van der Waals surface area (Å²) in [5.41, 5.74) is -0.424. The molecule has 0 aromatic carbocycles. The number of hydrogen-bond donors (Lipinski definition) is 1. The van der Waals surface area contributed by atoms with Crippen molar-refractivity contribution in [3.8, 4) is 0 Å². The van der Waals surface area contributed by atoms with Crippen molar-refractivity contribution in [2.75, 3.05) is 6.54 Å². The fourth-order valence-corrected chi connectivity index (χ4v) is 2.76. The van der Waals surface area contributed by atoms with E-state index >= 15 is 0 Å². The van der Waals surface area contributed by atoms with Crippen LogP contribution < -0.4 is 5.32 Å². The molecule has 0 spiro atoms. The third kappa shape index (κ3) is 1.89. The van der Waals surface area contributed by atoms with Crippen molar-refractivity contribution >= 4 is 5.97 Å². The van der Waals surface area contributed by atoms with E-state index in [0.29, 0.717) is 0 Å². The highest BCUT2D eigenvalue weighted by Crippen LogP contribution is 2.50. The molecule has 86 valence electrons. The van der Waals surface area contributed by atoms with Crippen molar-refractivity contribution in [3.63, 3.8) is 0 Å². The Morgan fingerprint density at radius 2 is 2.00 bits per heavy atom. The second-order valence-corrected chi connectivity index (χ2v) is 6.37. The van der Waals surface area contributed by atoms with Crippen LogP contribution in [0.15, 0.2) is 0 Å². The lowest BCUT2D eigenvalue weighted by molar-refractivity contribution is -0.166. The Balaban J connectivity index is 2.09. The molecule has 1 heterocycles. The van der Waals surface area contributed by atoms with E-state index in [-0.39, 0.29) is 22.5 Å². The molecule has 1 aliphatic carbocycles. The fourth-order valence-electron chi connectivity index (χ4n) is 2.76. The zero-order chi connectivity index (χ0) is 11.3. The average molecular weight is 211 g/mol. The average Bonchev–Trinajstić information content (AvgIpc) is 2.55. The van der Waals surface area contributed by atoms with Crippen LogP contribution >= 0.6 is 0 Å². The molecule has 2 atom stereocenters. The first kappa shape index (κ1) is 10.9. The molecule has 3 nitrogen and oxygen atoms in total. The number of hydrogen-bond acceptors (Lipinski definition) is 3. The summed E-state index contributed by atoms with van der Waals surface area (Å²) in [5, 5.41) is 3.44. The van der Waals surface area contributed by atoms with Gasteiger partial charge in [0.2, 0.25) is 0 Å². The first-order chi connectivity index (χ1) is 6.75. The van der Waals surface area contributed by atoms with Crippen LogP contribution in [0.4, 0.5) is 0 Å². The lowest BCUT2D eigenvalue weighted by Gasteiger charge is -2.29. The standard InChI is InChI=1S/C12H21NO2/c1-10(2,3)15-9(14)12-6-5-11(4,7-12)13-8-12/h13H,5-8H2,1-4H3. The van der Waals surface area contributed by atoms with Crippen LogP contribution in [0.2, 0.25) is 0 Å². The summed E-state index contributed by atoms with van der Waals surface area (Å²) in [6.07, 6.45) is 3.01. The summed E-state index contributed by atoms with van der Waals surface area (Å²) in [6.45, 7) is 8.78. The highest BCUT2D eigenvalue weighted by Gasteiger charge is 2.57. The van der Waals surface area contributed by atoms with Gasteiger partial charge >= 0.3 is 5.97 Å². The number of nitrogens with one attached hydrogen (secondary N) is 1. The molecule has 1 N–H and O–H groups in total. The second-order valence-electron chi connectivity index (χ2n) is 6.37. The van der Waals surface area contributed by atoms with Gasteiger partial charge in [0.1, 0.15) is 5.60 Å². The summed E-state index contributed by atoms with van der Waals surface area (Å²) in [4.78, 5) is 12.1. The maximum atomic E-state index is 12.1. The van der Waals surface area contributed by atoms with Gasteiger partial charge in [0, 0.05) is 12.1 Å². The third-order valence-corrected chi connectivity index (χ3v) is 3.57. The van der Waals surface area contributed by atoms with E-state index in [0.717, 1.165) is 25.8 Å². The molecule has 2 bridgehead atoms. The third-order valence-electron chi connectivity index (χ3n) is 3.57. The van der Waals surface area contributed by atoms with Gasteiger partial charge in [-0.05, 0) is 47.0 Å². The van der Waals surface area contributed by atoms with Crippen molar-refractivity contribution in [3.05, 3.63) is 0 Å². The number of fused-ring (bicyclic) bond motifs is 2. The Kier molecular flexibility index (Phi) is 2.16. The maximum Gasteiger partial charge on any atom is 0.313 e. The first-order valence-electron chi connectivity index (χ1n) is 5.73. The Bertz CT molecular complexity index is 282. The van der Waals surface area contributed by atoms with Gasteiger partial charge in [0.15, 0.2) is 0 Å². The quantitative estimate of drug-likeness (QED) is 0.673. The van der Waals surface area contributed by atoms with Crippen molar-refractivity contribution in [1.29, 1.82) is 0 Å². The topological polar surface area (TPSA) is 38.3 Å². The number of ether oxygens (including phenoxy) is 1. The molecule has 2 rings (SSSR count). The van der Waals surface area contributed by atoms with Gasteiger partial charge in [-0.25, -0.2) is 0 Å². The molecule has 3 heteroatoms. The van der Waals surface area contributed by atoms with E-state index in [1.54, 1.807) is 0 Å². The molecule has 1 saturated carbocycles. The van der Waals surface area contributed by atoms with E-state index in [2.05, 4.69) is 12.2 Å². The maximum absolute atomic E-state index is 12.1. The van der Waals surface area contributed by atoms with E-state index in [9.17, 15) is 4.79 Å². The molecule has 2 fully saturated rings. The minimum atomic E-state index is -0.368. The largest absolute Gasteiger partial charge is 0.460 e. The van der Waals surface area contributed by atoms with E-state index in [1.165, 1.54) is 0 Å². The Labute approximate surface area is 91.6 Å². The second kappa shape index (κ2) is 2.97. The fraction of sp³-hybridized carbons (Fsp3) is 0.917. The monoisotopic (exact) mass is 211 g/mol. The molecule has 0 aromatic heterocycles. The van der Waals surface area contributed by atoms with E-state index < -0.39 is 0 Å². The molecule has 2 unspecified atom stereocenters. The number of esters is 1. The molecule has 0 radical (unpaired) electrons. The highest BCUT2D eigenvalue weighted by molar-refractivity contribution is 5.79. The van der Waals surface area contributed by atoms with Gasteiger partial charge in [0.25, 0.3) is 0 Å². The van der Waals surface area contributed by atoms with E-state index in [1.807, 2.05) is 20.8 Å². The predicted molar refractivity (Wildman–Crippen MR) is 58.5 cm³/mol. The predicted octanol–water partition coefficient (Wildman–Crippen LogP) is 1.86. The Morgan fingerprint density at radius 1 is 1.33 bits per heavy atom. The van der Waals surface area contributed by atoms with Crippen LogP contribution in [0.5, 0.6) is 0 Å². The molecule has 15 heavy (non-hydrogen) atoms. The van der Waals surface area contributed by atoms with Gasteiger partial charge in [-0.15, -0.1) is 0 Å². The molecule has 1 saturated heterocycles. The molecular weight excluding hydrogens is 190 g/mol. The van der Waals surface area contributed by atoms with Gasteiger partial charge < -0.3 is 10.1 Å². The van der Waals surface area contributed by atoms with Crippen LogP contribution in [0.3, 0.4) is 0 Å². The Morgan fingerprint density at radius 3 is 2.33 bits per heavy atom. The summed E-state index contributed by atoms with van der Waals surface area (Å²) >= 11 is 0. The van der Waals surface area contributed by atoms with Gasteiger partial charge in [0.05, 0.1) is 5.41 Å². The van der Waals surface area contributed by atoms with Crippen LogP contribution in [0, 0.1) is 5.41 Å². The van der Waals surface area contributed by atoms with E-state index in [4.69, 9.17) is 4.74 Å². The zero-order valence-corrected chi connectivity index (χ0v) is 10.1. The van der Waals surface area contributed by atoms with Crippen LogP contribution in [0.25, 0.3) is 0 Å².